The molecule has 53 nitrogen and oxygen atoms in total. The van der Waals surface area contributed by atoms with Gasteiger partial charge in [-0.05, 0) is 25.7 Å². The molecule has 54 heteroatoms. The first-order chi connectivity index (χ1) is 70.1. The third-order valence-electron chi connectivity index (χ3n) is 21.2. The van der Waals surface area contributed by atoms with Crippen LogP contribution in [0.4, 0.5) is 0 Å². The van der Waals surface area contributed by atoms with Crippen LogP contribution in [0.5, 0.6) is 0 Å². The average molecular weight is 2140 g/mol. The van der Waals surface area contributed by atoms with Crippen molar-refractivity contribution >= 4 is 109 Å². The highest BCUT2D eigenvalue weighted by Crippen LogP contribution is 2.36. The number of carbonyl (C=O) groups is 17. The van der Waals surface area contributed by atoms with E-state index in [2.05, 4.69) is 47.1 Å². The minimum absolute atomic E-state index is 0.00956. The van der Waals surface area contributed by atoms with Crippen LogP contribution in [-0.2, 0) is 204 Å². The lowest BCUT2D eigenvalue weighted by Gasteiger charge is -2.44. The van der Waals surface area contributed by atoms with Crippen LogP contribution < -0.4 is 42.5 Å². The zero-order valence-corrected chi connectivity index (χ0v) is 87.4. The molecular formula is C93H157N8O45P. The molecule has 3 heterocycles. The monoisotopic (exact) mass is 2140 g/mol. The summed E-state index contributed by atoms with van der Waals surface area (Å²) < 4.78 is 152. The number of amides is 8. The Morgan fingerprint density at radius 1 is 0.265 bits per heavy atom. The Labute approximate surface area is 855 Å². The predicted molar refractivity (Wildman–Crippen MR) is 506 cm³/mol. The van der Waals surface area contributed by atoms with Gasteiger partial charge in [0, 0.05) is 141 Å². The van der Waals surface area contributed by atoms with Crippen molar-refractivity contribution in [1.82, 2.24) is 42.5 Å². The summed E-state index contributed by atoms with van der Waals surface area (Å²) >= 11 is 0. The van der Waals surface area contributed by atoms with Crippen molar-refractivity contribution in [2.75, 3.05) is 191 Å². The first-order valence-electron chi connectivity index (χ1n) is 49.4. The highest BCUT2D eigenvalue weighted by molar-refractivity contribution is 7.46. The van der Waals surface area contributed by atoms with E-state index in [1.54, 1.807) is 0 Å². The molecule has 3 rings (SSSR count). The molecule has 844 valence electrons. The van der Waals surface area contributed by atoms with Gasteiger partial charge in [-0.25, -0.2) is 4.57 Å². The van der Waals surface area contributed by atoms with Crippen molar-refractivity contribution in [3.8, 4) is 0 Å². The molecule has 0 bridgehead atoms. The van der Waals surface area contributed by atoms with E-state index in [1.807, 2.05) is 0 Å². The van der Waals surface area contributed by atoms with Crippen LogP contribution in [0.3, 0.4) is 0 Å². The number of unbranched alkanes of at least 4 members (excludes halogenated alkanes) is 12. The number of nitrogens with one attached hydrogen (secondary N) is 8. The number of carbonyl (C=O) groups excluding carboxylic acids is 17. The van der Waals surface area contributed by atoms with E-state index in [9.17, 15) is 86.1 Å². The topological polar surface area (TPSA) is 675 Å². The van der Waals surface area contributed by atoms with Crippen LogP contribution in [0.1, 0.15) is 205 Å². The van der Waals surface area contributed by atoms with E-state index >= 15 is 0 Å². The summed E-state index contributed by atoms with van der Waals surface area (Å²) in [5, 5.41) is 22.1. The first-order valence-corrected chi connectivity index (χ1v) is 50.9. The van der Waals surface area contributed by atoms with E-state index in [4.69, 9.17) is 123 Å². The Hall–Kier alpha value is -9.50. The average Bonchev–Trinajstić information content (AvgIpc) is 0.792. The van der Waals surface area contributed by atoms with Gasteiger partial charge in [-0.3, -0.25) is 86.0 Å². The third kappa shape index (κ3) is 64.0. The van der Waals surface area contributed by atoms with Gasteiger partial charge in [0.05, 0.1) is 145 Å². The molecule has 147 heavy (non-hydrogen) atoms. The van der Waals surface area contributed by atoms with Crippen LogP contribution in [-0.4, -0.2) is 400 Å². The minimum atomic E-state index is -4.45. The molecule has 0 radical (unpaired) electrons. The zero-order valence-electron chi connectivity index (χ0n) is 86.5. The lowest BCUT2D eigenvalue weighted by Crippen LogP contribution is -2.66. The molecular weight excluding hydrogens is 1980 g/mol. The number of ether oxygens (including phenoxy) is 24. The van der Waals surface area contributed by atoms with Crippen LogP contribution >= 0.6 is 7.82 Å². The third-order valence-corrected chi connectivity index (χ3v) is 21.8. The highest BCUT2D eigenvalue weighted by Gasteiger charge is 2.55. The van der Waals surface area contributed by atoms with E-state index < -0.39 is 220 Å². The number of phosphoric acid groups is 1. The molecule has 3 fully saturated rings. The molecule has 0 saturated carbocycles. The summed E-state index contributed by atoms with van der Waals surface area (Å²) in [6, 6.07) is -3.57. The summed E-state index contributed by atoms with van der Waals surface area (Å²) in [5.74, 6) is -10.2. The van der Waals surface area contributed by atoms with Gasteiger partial charge in [-0.15, -0.1) is 0 Å². The van der Waals surface area contributed by atoms with Crippen LogP contribution in [0.2, 0.25) is 0 Å². The fourth-order valence-corrected chi connectivity index (χ4v) is 15.3. The fourth-order valence-electron chi connectivity index (χ4n) is 14.9. The van der Waals surface area contributed by atoms with Crippen molar-refractivity contribution in [1.29, 1.82) is 0 Å². The normalized spacial score (nSPS) is 21.0. The Morgan fingerprint density at radius 2 is 0.517 bits per heavy atom. The largest absolute Gasteiger partial charge is 0.469 e. The summed E-state index contributed by atoms with van der Waals surface area (Å²) in [5.41, 5.74) is -1.52. The van der Waals surface area contributed by atoms with Gasteiger partial charge >= 0.3 is 61.5 Å². The van der Waals surface area contributed by atoms with Gasteiger partial charge in [0.25, 0.3) is 0 Å². The molecule has 3 aliphatic rings. The zero-order chi connectivity index (χ0) is 109. The van der Waals surface area contributed by atoms with Gasteiger partial charge in [0.2, 0.25) is 47.3 Å². The molecule has 15 unspecified atom stereocenters. The molecule has 0 aromatic rings. The molecule has 10 N–H and O–H groups in total. The number of esters is 9. The number of rotatable bonds is 82. The molecule has 3 saturated heterocycles. The lowest BCUT2D eigenvalue weighted by atomic mass is 9.96. The maximum atomic E-state index is 14.2. The van der Waals surface area contributed by atoms with E-state index in [0.717, 1.165) is 120 Å². The van der Waals surface area contributed by atoms with E-state index in [1.165, 1.54) is 20.8 Å². The second kappa shape index (κ2) is 77.8. The highest BCUT2D eigenvalue weighted by atomic mass is 31.2. The molecule has 8 amide bonds. The summed E-state index contributed by atoms with van der Waals surface area (Å²) in [6.45, 7) is 11.7. The van der Waals surface area contributed by atoms with E-state index in [0.29, 0.717) is 45.1 Å². The van der Waals surface area contributed by atoms with Crippen LogP contribution in [0.25, 0.3) is 0 Å². The Bertz CT molecular complexity index is 3650. The van der Waals surface area contributed by atoms with Crippen molar-refractivity contribution in [3.05, 3.63) is 0 Å². The van der Waals surface area contributed by atoms with Crippen molar-refractivity contribution in [3.63, 3.8) is 0 Å². The standard InChI is InChI=1S/C93H157N8O45P/c1-61(102)98-81-87(141-70(10)111)84(138-67(7)108)73(55-134-64(4)105)144-90(81)131-52-49-125-46-43-122-40-33-95-77(115)29-37-128-58-93(101-80(118)28-24-20-19-23-27-76(114)94-32-25-21-17-15-13-14-16-18-22-26-36-137-147(119,120)121,59-129-38-30-78(116)96-34-41-123-44-47-126-50-53-132-91-82(99-62(2)103)88(142-71(11)112)85(139-68(8)109)74(145-91)56-135-65(5)106)60-130-39-31-79(117)97-35-42-124-45-48-127-51-54-133-92-83(100-63(3)104)89(143-72(12)113)86(140-69(9)110)75(146-92)57-136-66(6)107/h73-75,81-92H,13-60H2,1-12H3,(H,94,114)(H,95,115)(H,96,116)(H,97,117)(H,98,102)(H,99,103)(H,100,104)(H,101,118)(H2,119,120,121). The number of hydrogen-bond donors (Lipinski definition) is 10. The minimum Gasteiger partial charge on any atom is -0.463 e. The summed E-state index contributed by atoms with van der Waals surface area (Å²) in [7, 11) is -4.45. The summed E-state index contributed by atoms with van der Waals surface area (Å²) in [4.78, 5) is 230. The van der Waals surface area contributed by atoms with Gasteiger partial charge in [-0.2, -0.15) is 0 Å². The van der Waals surface area contributed by atoms with Gasteiger partial charge in [-0.1, -0.05) is 64.2 Å². The Balaban J connectivity index is 1.70. The number of phosphoric ester groups is 1. The number of hydrogen-bond acceptors (Lipinski definition) is 43. The molecule has 15 atom stereocenters. The van der Waals surface area contributed by atoms with Crippen molar-refractivity contribution in [2.45, 2.75) is 303 Å². The van der Waals surface area contributed by atoms with E-state index in [-0.39, 0.29) is 197 Å². The van der Waals surface area contributed by atoms with Crippen LogP contribution in [0, 0.1) is 0 Å². The fraction of sp³-hybridized carbons (Fsp3) is 0.817. The second-order valence-corrected chi connectivity index (χ2v) is 35.6. The lowest BCUT2D eigenvalue weighted by molar-refractivity contribution is -0.279. The maximum absolute atomic E-state index is 14.2. The molecule has 0 spiro atoms. The Morgan fingerprint density at radius 3 is 0.803 bits per heavy atom. The molecule has 3 aliphatic heterocycles. The molecule has 0 aromatic heterocycles. The first kappa shape index (κ1) is 132. The van der Waals surface area contributed by atoms with Crippen molar-refractivity contribution in [2.24, 2.45) is 0 Å². The SMILES string of the molecule is CC(=O)NC1C(OCCOCCOCCNC(=O)CCOCC(COCCC(=O)NCCOCCOCCOC2OC(COC(C)=O)C(OC(C)=O)C(OC(C)=O)C2NC(C)=O)(COCCC(=O)NCCOCCOCCOC2OC(COC(C)=O)C(OC(C)=O)C(OC(C)=O)C2NC(C)=O)NC(=O)CCCCCCC(=O)NCCCCCCCCCCCCOP(=O)(O)O)OC(COC(C)=O)C(OC(C)=O)C1OC(C)=O. The van der Waals surface area contributed by atoms with Crippen LogP contribution in [0.15, 0.2) is 0 Å². The van der Waals surface area contributed by atoms with Gasteiger partial charge in [0.1, 0.15) is 61.8 Å². The maximum Gasteiger partial charge on any atom is 0.469 e. The second-order valence-electron chi connectivity index (χ2n) is 34.4. The van der Waals surface area contributed by atoms with Gasteiger partial charge < -0.3 is 166 Å². The van der Waals surface area contributed by atoms with Crippen molar-refractivity contribution < 1.29 is 214 Å². The quantitative estimate of drug-likeness (QED) is 0.0166. The molecule has 0 aliphatic carbocycles. The smallest absolute Gasteiger partial charge is 0.463 e. The summed E-state index contributed by atoms with van der Waals surface area (Å²) in [6.07, 6.45) is -4.08. The van der Waals surface area contributed by atoms with Gasteiger partial charge in [0.15, 0.2) is 55.5 Å². The Kier molecular flexibility index (Phi) is 69.7. The molecule has 0 aromatic carbocycles. The predicted octanol–water partition coefficient (Wildman–Crippen LogP) is -0.00510.